The molecule has 2 aromatic carbocycles. The summed E-state index contributed by atoms with van der Waals surface area (Å²) in [4.78, 5) is 12.5. The van der Waals surface area contributed by atoms with Gasteiger partial charge in [-0.3, -0.25) is 0 Å². The number of carbonyl (C=O) groups excluding carboxylic acids is 1. The second-order valence-electron chi connectivity index (χ2n) is 7.41. The molecule has 1 saturated heterocycles. The topological polar surface area (TPSA) is 103 Å². The van der Waals surface area contributed by atoms with Crippen molar-refractivity contribution < 1.29 is 22.4 Å². The molecule has 1 fully saturated rings. The van der Waals surface area contributed by atoms with Crippen molar-refractivity contribution in [1.82, 2.24) is 14.5 Å². The lowest BCUT2D eigenvalue weighted by Gasteiger charge is -2.30. The maximum Gasteiger partial charge on any atom is 0.343 e. The number of hydrogen-bond acceptors (Lipinski definition) is 7. The van der Waals surface area contributed by atoms with Crippen LogP contribution in [-0.4, -0.2) is 42.0 Å². The highest BCUT2D eigenvalue weighted by Gasteiger charge is 2.31. The number of aromatic nitrogens is 2. The minimum atomic E-state index is -3.81. The number of sulfonamides is 1. The fourth-order valence-electron chi connectivity index (χ4n) is 3.46. The number of ether oxygens (including phenoxy) is 1. The third-order valence-electron chi connectivity index (χ3n) is 5.08. The molecule has 162 valence electrons. The van der Waals surface area contributed by atoms with Gasteiger partial charge in [0.1, 0.15) is 10.6 Å². The molecule has 0 amide bonds. The van der Waals surface area contributed by atoms with Crippen LogP contribution in [0, 0.1) is 5.92 Å². The quantitative estimate of drug-likeness (QED) is 0.417. The first-order valence-corrected chi connectivity index (χ1v) is 11.5. The van der Waals surface area contributed by atoms with Crippen molar-refractivity contribution in [3.63, 3.8) is 0 Å². The molecule has 31 heavy (non-hydrogen) atoms. The largest absolute Gasteiger partial charge is 0.423 e. The van der Waals surface area contributed by atoms with E-state index in [1.807, 2.05) is 6.92 Å². The predicted molar refractivity (Wildman–Crippen MR) is 113 cm³/mol. The maximum atomic E-state index is 13.1. The van der Waals surface area contributed by atoms with Crippen LogP contribution >= 0.6 is 11.6 Å². The molecule has 0 radical (unpaired) electrons. The Kier molecular flexibility index (Phi) is 6.08. The molecule has 0 spiro atoms. The highest BCUT2D eigenvalue weighted by molar-refractivity contribution is 7.89. The Morgan fingerprint density at radius 2 is 2.00 bits per heavy atom. The number of nitrogens with zero attached hydrogens (tertiary/aromatic N) is 3. The highest BCUT2D eigenvalue weighted by atomic mass is 35.5. The summed E-state index contributed by atoms with van der Waals surface area (Å²) in [5.74, 6) is 0.214. The minimum absolute atomic E-state index is 0.0682. The number of hydrogen-bond donors (Lipinski definition) is 0. The van der Waals surface area contributed by atoms with Crippen molar-refractivity contribution in [2.75, 3.05) is 13.1 Å². The van der Waals surface area contributed by atoms with Gasteiger partial charge in [0.15, 0.2) is 0 Å². The van der Waals surface area contributed by atoms with Crippen molar-refractivity contribution in [3.05, 3.63) is 59.4 Å². The summed E-state index contributed by atoms with van der Waals surface area (Å²) < 4.78 is 38.1. The van der Waals surface area contributed by atoms with E-state index in [4.69, 9.17) is 20.8 Å². The van der Waals surface area contributed by atoms with Crippen LogP contribution in [0.25, 0.3) is 11.5 Å². The lowest BCUT2D eigenvalue weighted by molar-refractivity contribution is 0.0734. The Balaban J connectivity index is 1.54. The van der Waals surface area contributed by atoms with E-state index < -0.39 is 16.0 Å². The average Bonchev–Trinajstić information content (AvgIpc) is 3.29. The maximum absolute atomic E-state index is 13.1. The Bertz CT molecular complexity index is 1180. The summed E-state index contributed by atoms with van der Waals surface area (Å²) in [7, 11) is -3.81. The van der Waals surface area contributed by atoms with Crippen molar-refractivity contribution in [2.45, 2.75) is 24.7 Å². The summed E-state index contributed by atoms with van der Waals surface area (Å²) in [6.07, 6.45) is 3.00. The molecule has 1 atom stereocenters. The van der Waals surface area contributed by atoms with Gasteiger partial charge in [0, 0.05) is 18.7 Å². The molecule has 0 bridgehead atoms. The van der Waals surface area contributed by atoms with Crippen molar-refractivity contribution >= 4 is 27.6 Å². The Morgan fingerprint density at radius 1 is 1.23 bits per heavy atom. The van der Waals surface area contributed by atoms with Crippen molar-refractivity contribution in [2.24, 2.45) is 5.92 Å². The van der Waals surface area contributed by atoms with Gasteiger partial charge in [-0.25, -0.2) is 13.2 Å². The van der Waals surface area contributed by atoms with Crippen LogP contribution in [-0.2, 0) is 10.0 Å². The van der Waals surface area contributed by atoms with Crippen LogP contribution in [0.5, 0.6) is 5.75 Å². The van der Waals surface area contributed by atoms with Crippen LogP contribution in [0.2, 0.25) is 5.02 Å². The second-order valence-corrected chi connectivity index (χ2v) is 9.73. The number of halogens is 1. The summed E-state index contributed by atoms with van der Waals surface area (Å²) in [5, 5.41) is 7.50. The molecular formula is C21H20ClN3O5S. The van der Waals surface area contributed by atoms with Gasteiger partial charge in [0.05, 0.1) is 10.6 Å². The second kappa shape index (κ2) is 8.78. The summed E-state index contributed by atoms with van der Waals surface area (Å²) in [6, 6.07) is 10.6. The Morgan fingerprint density at radius 3 is 2.68 bits per heavy atom. The zero-order valence-corrected chi connectivity index (χ0v) is 18.3. The lowest BCUT2D eigenvalue weighted by atomic mass is 10.0. The standard InChI is InChI=1S/C21H20ClN3O5S/c1-14-3-2-10-25(12-14)31(27,28)19-11-16(6-9-18(19)22)21(26)30-17-7-4-15(5-8-17)20-24-23-13-29-20/h4-9,11,13-14H,2-3,10,12H2,1H3. The molecule has 1 aromatic heterocycles. The lowest BCUT2D eigenvalue weighted by Crippen LogP contribution is -2.39. The first-order valence-electron chi connectivity index (χ1n) is 9.73. The van der Waals surface area contributed by atoms with Gasteiger partial charge < -0.3 is 9.15 Å². The van der Waals surface area contributed by atoms with E-state index in [2.05, 4.69) is 10.2 Å². The van der Waals surface area contributed by atoms with Gasteiger partial charge >= 0.3 is 5.97 Å². The van der Waals surface area contributed by atoms with Crippen LogP contribution in [0.15, 0.2) is 58.2 Å². The van der Waals surface area contributed by atoms with Crippen molar-refractivity contribution in [3.8, 4) is 17.2 Å². The molecule has 1 aliphatic heterocycles. The summed E-state index contributed by atoms with van der Waals surface area (Å²) >= 11 is 6.19. The van der Waals surface area contributed by atoms with Crippen LogP contribution in [0.4, 0.5) is 0 Å². The van der Waals surface area contributed by atoms with E-state index in [-0.39, 0.29) is 27.1 Å². The SMILES string of the molecule is CC1CCCN(S(=O)(=O)c2cc(C(=O)Oc3ccc(-c4nnco4)cc3)ccc2Cl)C1. The number of piperidine rings is 1. The Labute approximate surface area is 184 Å². The molecule has 0 aliphatic carbocycles. The third kappa shape index (κ3) is 4.63. The van der Waals surface area contributed by atoms with E-state index in [0.29, 0.717) is 24.5 Å². The molecule has 1 aliphatic rings. The first kappa shape index (κ1) is 21.5. The molecule has 1 unspecified atom stereocenters. The van der Waals surface area contributed by atoms with Crippen LogP contribution in [0.3, 0.4) is 0 Å². The van der Waals surface area contributed by atoms with Gasteiger partial charge in [0.25, 0.3) is 0 Å². The van der Waals surface area contributed by atoms with Gasteiger partial charge in [-0.05, 0) is 61.2 Å². The van der Waals surface area contributed by atoms with E-state index >= 15 is 0 Å². The molecular weight excluding hydrogens is 442 g/mol. The van der Waals surface area contributed by atoms with Crippen LogP contribution in [0.1, 0.15) is 30.1 Å². The van der Waals surface area contributed by atoms with Gasteiger partial charge in [-0.1, -0.05) is 18.5 Å². The molecule has 3 aromatic rings. The van der Waals surface area contributed by atoms with Gasteiger partial charge in [0.2, 0.25) is 22.3 Å². The zero-order valence-electron chi connectivity index (χ0n) is 16.7. The molecule has 0 saturated carbocycles. The van der Waals surface area contributed by atoms with E-state index in [1.54, 1.807) is 24.3 Å². The van der Waals surface area contributed by atoms with E-state index in [0.717, 1.165) is 12.8 Å². The molecule has 4 rings (SSSR count). The number of rotatable bonds is 5. The monoisotopic (exact) mass is 461 g/mol. The van der Waals surface area contributed by atoms with E-state index in [1.165, 1.54) is 28.9 Å². The molecule has 10 heteroatoms. The highest BCUT2D eigenvalue weighted by Crippen LogP contribution is 2.29. The predicted octanol–water partition coefficient (Wildman–Crippen LogP) is 4.03. The molecule has 0 N–H and O–H groups in total. The fourth-order valence-corrected chi connectivity index (χ4v) is 5.56. The number of benzene rings is 2. The Hall–Kier alpha value is -2.75. The van der Waals surface area contributed by atoms with Crippen molar-refractivity contribution in [1.29, 1.82) is 0 Å². The van der Waals surface area contributed by atoms with Crippen LogP contribution < -0.4 is 4.74 Å². The van der Waals surface area contributed by atoms with E-state index in [9.17, 15) is 13.2 Å². The first-order chi connectivity index (χ1) is 14.8. The number of carbonyl (C=O) groups is 1. The summed E-state index contributed by atoms with van der Waals surface area (Å²) in [5.41, 5.74) is 0.766. The normalized spacial score (nSPS) is 17.4. The average molecular weight is 462 g/mol. The summed E-state index contributed by atoms with van der Waals surface area (Å²) in [6.45, 7) is 2.88. The van der Waals surface area contributed by atoms with Gasteiger partial charge in [-0.15, -0.1) is 10.2 Å². The smallest absolute Gasteiger partial charge is 0.343 e. The molecule has 2 heterocycles. The minimum Gasteiger partial charge on any atom is -0.423 e. The fraction of sp³-hybridized carbons (Fsp3) is 0.286. The number of esters is 1. The zero-order chi connectivity index (χ0) is 22.0. The van der Waals surface area contributed by atoms with Gasteiger partial charge in [-0.2, -0.15) is 4.31 Å². The molecule has 8 nitrogen and oxygen atoms in total. The third-order valence-corrected chi connectivity index (χ3v) is 7.42.